The first-order valence-corrected chi connectivity index (χ1v) is 6.28. The molecular weight excluding hydrogens is 188 g/mol. The third-order valence-electron chi connectivity index (χ3n) is 3.88. The summed E-state index contributed by atoms with van der Waals surface area (Å²) in [5, 5.41) is 6.57. The molecule has 1 heterocycles. The van der Waals surface area contributed by atoms with Crippen molar-refractivity contribution in [2.75, 3.05) is 6.54 Å². The van der Waals surface area contributed by atoms with E-state index in [4.69, 9.17) is 0 Å². The van der Waals surface area contributed by atoms with Crippen molar-refractivity contribution in [2.45, 2.75) is 57.5 Å². The van der Waals surface area contributed by atoms with Crippen molar-refractivity contribution in [3.8, 4) is 0 Å². The molecule has 1 aliphatic heterocycles. The Labute approximate surface area is 92.0 Å². The Hall–Kier alpha value is -0.570. The van der Waals surface area contributed by atoms with E-state index in [1.165, 1.54) is 25.7 Å². The Morgan fingerprint density at radius 3 is 2.73 bits per heavy atom. The average Bonchev–Trinajstić information content (AvgIpc) is 2.84. The van der Waals surface area contributed by atoms with Gasteiger partial charge in [-0.2, -0.15) is 0 Å². The van der Waals surface area contributed by atoms with Gasteiger partial charge in [0.05, 0.1) is 0 Å². The fourth-order valence-corrected chi connectivity index (χ4v) is 2.78. The van der Waals surface area contributed by atoms with Gasteiger partial charge in [0.1, 0.15) is 0 Å². The largest absolute Gasteiger partial charge is 0.352 e. The lowest BCUT2D eigenvalue weighted by Gasteiger charge is -2.22. The number of rotatable bonds is 4. The molecule has 0 aromatic carbocycles. The number of amides is 1. The van der Waals surface area contributed by atoms with Gasteiger partial charge in [-0.25, -0.2) is 0 Å². The van der Waals surface area contributed by atoms with E-state index in [1.54, 1.807) is 0 Å². The summed E-state index contributed by atoms with van der Waals surface area (Å²) in [6.45, 7) is 3.23. The first-order valence-electron chi connectivity index (χ1n) is 6.28. The Balaban J connectivity index is 1.66. The minimum Gasteiger partial charge on any atom is -0.352 e. The maximum atomic E-state index is 11.0. The second-order valence-electron chi connectivity index (χ2n) is 5.04. The highest BCUT2D eigenvalue weighted by atomic mass is 16.1. The van der Waals surface area contributed by atoms with Crippen LogP contribution in [0.25, 0.3) is 0 Å². The lowest BCUT2D eigenvalue weighted by molar-refractivity contribution is -0.119. The summed E-state index contributed by atoms with van der Waals surface area (Å²) in [6.07, 6.45) is 7.28. The molecule has 2 N–H and O–H groups in total. The molecule has 15 heavy (non-hydrogen) atoms. The van der Waals surface area contributed by atoms with Crippen LogP contribution in [0.2, 0.25) is 0 Å². The Kier molecular flexibility index (Phi) is 3.62. The molecule has 2 fully saturated rings. The smallest absolute Gasteiger partial charge is 0.220 e. The minimum atomic E-state index is 0.218. The molecule has 0 aromatic heterocycles. The third-order valence-corrected chi connectivity index (χ3v) is 3.88. The SMILES string of the molecule is CC(NCC1CCC(=O)N1)C1CCCC1. The van der Waals surface area contributed by atoms with Crippen molar-refractivity contribution < 1.29 is 4.79 Å². The van der Waals surface area contributed by atoms with Gasteiger partial charge >= 0.3 is 0 Å². The van der Waals surface area contributed by atoms with Gasteiger partial charge in [0.2, 0.25) is 5.91 Å². The summed E-state index contributed by atoms with van der Waals surface area (Å²) in [4.78, 5) is 11.0. The van der Waals surface area contributed by atoms with Crippen molar-refractivity contribution in [1.29, 1.82) is 0 Å². The van der Waals surface area contributed by atoms with Crippen LogP contribution >= 0.6 is 0 Å². The summed E-state index contributed by atoms with van der Waals surface area (Å²) in [5.74, 6) is 1.08. The Morgan fingerprint density at radius 2 is 2.13 bits per heavy atom. The summed E-state index contributed by atoms with van der Waals surface area (Å²) >= 11 is 0. The van der Waals surface area contributed by atoms with E-state index in [9.17, 15) is 4.79 Å². The second kappa shape index (κ2) is 4.97. The van der Waals surface area contributed by atoms with Crippen LogP contribution in [0.15, 0.2) is 0 Å². The van der Waals surface area contributed by atoms with Gasteiger partial charge in [-0.15, -0.1) is 0 Å². The zero-order valence-corrected chi connectivity index (χ0v) is 9.59. The van der Waals surface area contributed by atoms with Crippen LogP contribution in [0.3, 0.4) is 0 Å². The zero-order chi connectivity index (χ0) is 10.7. The van der Waals surface area contributed by atoms with E-state index < -0.39 is 0 Å². The topological polar surface area (TPSA) is 41.1 Å². The predicted molar refractivity (Wildman–Crippen MR) is 60.6 cm³/mol. The average molecular weight is 210 g/mol. The molecule has 0 aromatic rings. The van der Waals surface area contributed by atoms with Gasteiger partial charge in [-0.3, -0.25) is 4.79 Å². The van der Waals surface area contributed by atoms with Crippen LogP contribution in [0.5, 0.6) is 0 Å². The van der Waals surface area contributed by atoms with Gasteiger partial charge in [0, 0.05) is 25.0 Å². The first-order chi connectivity index (χ1) is 7.25. The lowest BCUT2D eigenvalue weighted by atomic mass is 9.99. The van der Waals surface area contributed by atoms with Crippen LogP contribution in [0.4, 0.5) is 0 Å². The highest BCUT2D eigenvalue weighted by Gasteiger charge is 2.24. The van der Waals surface area contributed by atoms with Crippen molar-refractivity contribution in [2.24, 2.45) is 5.92 Å². The Morgan fingerprint density at radius 1 is 1.40 bits per heavy atom. The van der Waals surface area contributed by atoms with Crippen molar-refractivity contribution in [3.05, 3.63) is 0 Å². The monoisotopic (exact) mass is 210 g/mol. The number of carbonyl (C=O) groups excluding carboxylic acids is 1. The van der Waals surface area contributed by atoms with E-state index in [2.05, 4.69) is 17.6 Å². The number of hydrogen-bond acceptors (Lipinski definition) is 2. The van der Waals surface area contributed by atoms with Crippen molar-refractivity contribution >= 4 is 5.91 Å². The van der Waals surface area contributed by atoms with Gasteiger partial charge in [0.15, 0.2) is 0 Å². The number of carbonyl (C=O) groups is 1. The molecule has 1 saturated carbocycles. The molecule has 2 unspecified atom stereocenters. The normalized spacial score (nSPS) is 29.4. The second-order valence-corrected chi connectivity index (χ2v) is 5.04. The van der Waals surface area contributed by atoms with Gasteiger partial charge in [0.25, 0.3) is 0 Å². The van der Waals surface area contributed by atoms with E-state index in [0.717, 1.165) is 18.9 Å². The summed E-state index contributed by atoms with van der Waals surface area (Å²) in [5.41, 5.74) is 0. The fraction of sp³-hybridized carbons (Fsp3) is 0.917. The van der Waals surface area contributed by atoms with E-state index in [-0.39, 0.29) is 5.91 Å². The zero-order valence-electron chi connectivity index (χ0n) is 9.59. The van der Waals surface area contributed by atoms with Gasteiger partial charge < -0.3 is 10.6 Å². The molecule has 2 aliphatic rings. The maximum absolute atomic E-state index is 11.0. The molecule has 0 radical (unpaired) electrons. The maximum Gasteiger partial charge on any atom is 0.220 e. The van der Waals surface area contributed by atoms with Crippen LogP contribution < -0.4 is 10.6 Å². The fourth-order valence-electron chi connectivity index (χ4n) is 2.78. The molecule has 1 aliphatic carbocycles. The summed E-state index contributed by atoms with van der Waals surface area (Å²) in [7, 11) is 0. The number of hydrogen-bond donors (Lipinski definition) is 2. The standard InChI is InChI=1S/C12H22N2O/c1-9(10-4-2-3-5-10)13-8-11-6-7-12(15)14-11/h9-11,13H,2-8H2,1H3,(H,14,15). The highest BCUT2D eigenvalue weighted by molar-refractivity contribution is 5.78. The first kappa shape index (κ1) is 10.9. The quantitative estimate of drug-likeness (QED) is 0.737. The van der Waals surface area contributed by atoms with Crippen LogP contribution in [-0.2, 0) is 4.79 Å². The van der Waals surface area contributed by atoms with E-state index in [1.807, 2.05) is 0 Å². The molecule has 3 nitrogen and oxygen atoms in total. The molecule has 1 saturated heterocycles. The molecule has 3 heteroatoms. The summed E-state index contributed by atoms with van der Waals surface area (Å²) in [6, 6.07) is 0.992. The Bertz CT molecular complexity index is 224. The lowest BCUT2D eigenvalue weighted by Crippen LogP contribution is -2.41. The third kappa shape index (κ3) is 2.94. The highest BCUT2D eigenvalue weighted by Crippen LogP contribution is 2.27. The van der Waals surface area contributed by atoms with Gasteiger partial charge in [-0.05, 0) is 32.1 Å². The van der Waals surface area contributed by atoms with E-state index in [0.29, 0.717) is 18.5 Å². The molecule has 0 spiro atoms. The van der Waals surface area contributed by atoms with Crippen molar-refractivity contribution in [3.63, 3.8) is 0 Å². The minimum absolute atomic E-state index is 0.218. The van der Waals surface area contributed by atoms with Gasteiger partial charge in [-0.1, -0.05) is 12.8 Å². The molecule has 2 atom stereocenters. The molecule has 2 rings (SSSR count). The number of nitrogens with one attached hydrogen (secondary N) is 2. The van der Waals surface area contributed by atoms with Crippen LogP contribution in [-0.4, -0.2) is 24.5 Å². The molecule has 1 amide bonds. The van der Waals surface area contributed by atoms with E-state index >= 15 is 0 Å². The van der Waals surface area contributed by atoms with Crippen LogP contribution in [0, 0.1) is 5.92 Å². The molecular formula is C12H22N2O. The molecule has 86 valence electrons. The van der Waals surface area contributed by atoms with Crippen molar-refractivity contribution in [1.82, 2.24) is 10.6 Å². The predicted octanol–water partition coefficient (Wildman–Crippen LogP) is 1.43. The molecule has 0 bridgehead atoms. The summed E-state index contributed by atoms with van der Waals surface area (Å²) < 4.78 is 0. The van der Waals surface area contributed by atoms with Crippen LogP contribution in [0.1, 0.15) is 45.4 Å².